The highest BCUT2D eigenvalue weighted by Gasteiger charge is 2.07. The molecule has 0 bridgehead atoms. The first-order chi connectivity index (χ1) is 12.2. The number of nitrogens with zero attached hydrogens (tertiary/aromatic N) is 2. The van der Waals surface area contributed by atoms with Crippen molar-refractivity contribution in [2.24, 2.45) is 0 Å². The molecule has 0 fully saturated rings. The quantitative estimate of drug-likeness (QED) is 0.722. The fraction of sp³-hybridized carbons (Fsp3) is 0.150. The summed E-state index contributed by atoms with van der Waals surface area (Å²) in [7, 11) is 0. The molecule has 3 aromatic rings. The van der Waals surface area contributed by atoms with Crippen LogP contribution in [0.25, 0.3) is 0 Å². The summed E-state index contributed by atoms with van der Waals surface area (Å²) in [4.78, 5) is 20.6. The standard InChI is InChI=1S/C20H20N4O/c1-2-15-6-8-17(9-7-15)24-19-11-16(12-21-13-19)20(25)23-14-18-5-3-4-10-22-18/h3-13,24H,2,14H2,1H3,(H,23,25). The Labute approximate surface area is 147 Å². The van der Waals surface area contributed by atoms with Crippen LogP contribution in [-0.4, -0.2) is 15.9 Å². The average molecular weight is 332 g/mol. The van der Waals surface area contributed by atoms with Crippen LogP contribution in [-0.2, 0) is 13.0 Å². The number of hydrogen-bond donors (Lipinski definition) is 2. The van der Waals surface area contributed by atoms with Crippen molar-refractivity contribution >= 4 is 17.3 Å². The van der Waals surface area contributed by atoms with Crippen LogP contribution in [0.2, 0.25) is 0 Å². The second-order valence-corrected chi connectivity index (χ2v) is 5.64. The molecule has 0 atom stereocenters. The van der Waals surface area contributed by atoms with Gasteiger partial charge in [-0.1, -0.05) is 25.1 Å². The van der Waals surface area contributed by atoms with E-state index in [4.69, 9.17) is 0 Å². The molecule has 0 aliphatic heterocycles. The SMILES string of the molecule is CCc1ccc(Nc2cncc(C(=O)NCc3ccccn3)c2)cc1. The summed E-state index contributed by atoms with van der Waals surface area (Å²) in [6.07, 6.45) is 5.97. The summed E-state index contributed by atoms with van der Waals surface area (Å²) in [6, 6.07) is 15.6. The number of aromatic nitrogens is 2. The third kappa shape index (κ3) is 4.64. The lowest BCUT2D eigenvalue weighted by Gasteiger charge is -2.09. The first kappa shape index (κ1) is 16.6. The Morgan fingerprint density at radius 2 is 1.88 bits per heavy atom. The molecule has 0 spiro atoms. The van der Waals surface area contributed by atoms with E-state index in [1.165, 1.54) is 5.56 Å². The zero-order valence-corrected chi connectivity index (χ0v) is 14.1. The molecule has 2 N–H and O–H groups in total. The Morgan fingerprint density at radius 3 is 2.60 bits per heavy atom. The van der Waals surface area contributed by atoms with E-state index < -0.39 is 0 Å². The minimum Gasteiger partial charge on any atom is -0.354 e. The molecule has 2 aromatic heterocycles. The maximum absolute atomic E-state index is 12.3. The second-order valence-electron chi connectivity index (χ2n) is 5.64. The number of nitrogens with one attached hydrogen (secondary N) is 2. The van der Waals surface area contributed by atoms with Gasteiger partial charge in [0.25, 0.3) is 5.91 Å². The lowest BCUT2D eigenvalue weighted by molar-refractivity contribution is 0.0950. The van der Waals surface area contributed by atoms with Crippen molar-refractivity contribution in [3.05, 3.63) is 83.9 Å². The van der Waals surface area contributed by atoms with E-state index in [2.05, 4.69) is 39.7 Å². The summed E-state index contributed by atoms with van der Waals surface area (Å²) in [5, 5.41) is 6.12. The molecule has 0 saturated heterocycles. The summed E-state index contributed by atoms with van der Waals surface area (Å²) in [5.41, 5.74) is 4.34. The van der Waals surface area contributed by atoms with Crippen LogP contribution < -0.4 is 10.6 Å². The minimum atomic E-state index is -0.178. The molecule has 25 heavy (non-hydrogen) atoms. The smallest absolute Gasteiger partial charge is 0.253 e. The Hall–Kier alpha value is -3.21. The Morgan fingerprint density at radius 1 is 1.04 bits per heavy atom. The van der Waals surface area contributed by atoms with Gasteiger partial charge >= 0.3 is 0 Å². The van der Waals surface area contributed by atoms with Crippen LogP contribution >= 0.6 is 0 Å². The Kier molecular flexibility index (Phi) is 5.36. The predicted molar refractivity (Wildman–Crippen MR) is 98.7 cm³/mol. The normalized spacial score (nSPS) is 10.3. The van der Waals surface area contributed by atoms with E-state index in [0.29, 0.717) is 12.1 Å². The summed E-state index contributed by atoms with van der Waals surface area (Å²) < 4.78 is 0. The molecule has 2 heterocycles. The highest BCUT2D eigenvalue weighted by molar-refractivity contribution is 5.94. The van der Waals surface area contributed by atoms with Gasteiger partial charge in [-0.05, 0) is 42.3 Å². The average Bonchev–Trinajstić information content (AvgIpc) is 2.68. The number of amides is 1. The largest absolute Gasteiger partial charge is 0.354 e. The summed E-state index contributed by atoms with van der Waals surface area (Å²) in [5.74, 6) is -0.178. The lowest BCUT2D eigenvalue weighted by Crippen LogP contribution is -2.23. The van der Waals surface area contributed by atoms with Crippen LogP contribution in [0.15, 0.2) is 67.1 Å². The van der Waals surface area contributed by atoms with E-state index in [1.54, 1.807) is 24.7 Å². The number of aryl methyl sites for hydroxylation is 1. The number of anilines is 2. The maximum atomic E-state index is 12.3. The van der Waals surface area contributed by atoms with E-state index >= 15 is 0 Å². The van der Waals surface area contributed by atoms with Crippen molar-refractivity contribution in [3.63, 3.8) is 0 Å². The third-order valence-corrected chi connectivity index (χ3v) is 3.81. The number of pyridine rings is 2. The number of rotatable bonds is 6. The van der Waals surface area contributed by atoms with Crippen molar-refractivity contribution in [2.75, 3.05) is 5.32 Å². The van der Waals surface area contributed by atoms with Crippen molar-refractivity contribution in [1.82, 2.24) is 15.3 Å². The molecule has 0 aliphatic rings. The number of carbonyl (C=O) groups excluding carboxylic acids is 1. The van der Waals surface area contributed by atoms with Gasteiger partial charge in [-0.2, -0.15) is 0 Å². The van der Waals surface area contributed by atoms with Crippen molar-refractivity contribution in [3.8, 4) is 0 Å². The van der Waals surface area contributed by atoms with Crippen molar-refractivity contribution in [2.45, 2.75) is 19.9 Å². The van der Waals surface area contributed by atoms with Crippen LogP contribution in [0, 0.1) is 0 Å². The lowest BCUT2D eigenvalue weighted by atomic mass is 10.1. The number of benzene rings is 1. The molecule has 5 nitrogen and oxygen atoms in total. The first-order valence-corrected chi connectivity index (χ1v) is 8.23. The van der Waals surface area contributed by atoms with Gasteiger partial charge in [-0.25, -0.2) is 0 Å². The van der Waals surface area contributed by atoms with E-state index in [9.17, 15) is 4.79 Å². The molecule has 0 radical (unpaired) electrons. The Balaban J connectivity index is 1.64. The minimum absolute atomic E-state index is 0.178. The monoisotopic (exact) mass is 332 g/mol. The summed E-state index contributed by atoms with van der Waals surface area (Å²) in [6.45, 7) is 2.51. The predicted octanol–water partition coefficient (Wildman–Crippen LogP) is 3.71. The molecular formula is C20H20N4O. The van der Waals surface area contributed by atoms with Gasteiger partial charge in [0.05, 0.1) is 29.7 Å². The molecule has 0 saturated carbocycles. The van der Waals surface area contributed by atoms with Crippen LogP contribution in [0.4, 0.5) is 11.4 Å². The van der Waals surface area contributed by atoms with Gasteiger partial charge in [-0.15, -0.1) is 0 Å². The highest BCUT2D eigenvalue weighted by Crippen LogP contribution is 2.17. The van der Waals surface area contributed by atoms with Crippen LogP contribution in [0.5, 0.6) is 0 Å². The fourth-order valence-corrected chi connectivity index (χ4v) is 2.40. The number of hydrogen-bond acceptors (Lipinski definition) is 4. The zero-order chi connectivity index (χ0) is 17.5. The highest BCUT2D eigenvalue weighted by atomic mass is 16.1. The van der Waals surface area contributed by atoms with Crippen LogP contribution in [0.1, 0.15) is 28.5 Å². The first-order valence-electron chi connectivity index (χ1n) is 8.23. The molecule has 3 rings (SSSR count). The zero-order valence-electron chi connectivity index (χ0n) is 14.1. The van der Waals surface area contributed by atoms with Gasteiger partial charge in [0.15, 0.2) is 0 Å². The van der Waals surface area contributed by atoms with Crippen molar-refractivity contribution < 1.29 is 4.79 Å². The molecule has 1 amide bonds. The van der Waals surface area contributed by atoms with E-state index in [1.807, 2.05) is 30.3 Å². The molecule has 1 aromatic carbocycles. The molecular weight excluding hydrogens is 312 g/mol. The molecule has 126 valence electrons. The Bertz CT molecular complexity index is 832. The van der Waals surface area contributed by atoms with Gasteiger partial charge in [-0.3, -0.25) is 14.8 Å². The summed E-state index contributed by atoms with van der Waals surface area (Å²) >= 11 is 0. The number of carbonyl (C=O) groups is 1. The molecule has 0 aliphatic carbocycles. The van der Waals surface area contributed by atoms with Crippen molar-refractivity contribution in [1.29, 1.82) is 0 Å². The van der Waals surface area contributed by atoms with Gasteiger partial charge < -0.3 is 10.6 Å². The van der Waals surface area contributed by atoms with E-state index in [0.717, 1.165) is 23.5 Å². The molecule has 0 unspecified atom stereocenters. The maximum Gasteiger partial charge on any atom is 0.253 e. The topological polar surface area (TPSA) is 66.9 Å². The third-order valence-electron chi connectivity index (χ3n) is 3.81. The van der Waals surface area contributed by atoms with Gasteiger partial charge in [0, 0.05) is 18.1 Å². The van der Waals surface area contributed by atoms with E-state index in [-0.39, 0.29) is 5.91 Å². The van der Waals surface area contributed by atoms with Gasteiger partial charge in [0.2, 0.25) is 0 Å². The van der Waals surface area contributed by atoms with Gasteiger partial charge in [0.1, 0.15) is 0 Å². The second kappa shape index (κ2) is 8.06. The van der Waals surface area contributed by atoms with Crippen LogP contribution in [0.3, 0.4) is 0 Å². The fourth-order valence-electron chi connectivity index (χ4n) is 2.40. The molecule has 5 heteroatoms.